The van der Waals surface area contributed by atoms with Crippen LogP contribution in [-0.4, -0.2) is 35.7 Å². The van der Waals surface area contributed by atoms with Crippen LogP contribution < -0.4 is 4.74 Å². The van der Waals surface area contributed by atoms with Crippen molar-refractivity contribution >= 4 is 5.97 Å². The van der Waals surface area contributed by atoms with Gasteiger partial charge < -0.3 is 9.84 Å². The van der Waals surface area contributed by atoms with Gasteiger partial charge >= 0.3 is 12.1 Å². The average Bonchev–Trinajstić information content (AvgIpc) is 2.96. The molecule has 220 valence electrons. The van der Waals surface area contributed by atoms with Gasteiger partial charge in [-0.3, -0.25) is 9.69 Å². The average molecular weight is 580 g/mol. The van der Waals surface area contributed by atoms with E-state index in [1.165, 1.54) is 12.1 Å². The number of hydrogen-bond donors (Lipinski definition) is 1. The zero-order valence-electron chi connectivity index (χ0n) is 23.2. The second-order valence-electron chi connectivity index (χ2n) is 10.5. The second kappa shape index (κ2) is 14.1. The third kappa shape index (κ3) is 8.66. The summed E-state index contributed by atoms with van der Waals surface area (Å²) in [5, 5.41) is 9.08. The van der Waals surface area contributed by atoms with Gasteiger partial charge in [-0.1, -0.05) is 91.9 Å². The summed E-state index contributed by atoms with van der Waals surface area (Å²) in [7, 11) is 0. The fourth-order valence-electron chi connectivity index (χ4n) is 5.05. The lowest BCUT2D eigenvalue weighted by molar-refractivity contribution is -0.140. The minimum atomic E-state index is -4.79. The highest BCUT2D eigenvalue weighted by atomic mass is 19.4. The fraction of sp³-hybridized carbons (Fsp3) is 0.265. The summed E-state index contributed by atoms with van der Waals surface area (Å²) >= 11 is 0. The summed E-state index contributed by atoms with van der Waals surface area (Å²) < 4.78 is 61.6. The quantitative estimate of drug-likeness (QED) is 0.164. The van der Waals surface area contributed by atoms with Crippen LogP contribution in [-0.2, 0) is 23.9 Å². The Bertz CT molecular complexity index is 1400. The summed E-state index contributed by atoms with van der Waals surface area (Å²) in [4.78, 5) is 13.0. The second-order valence-corrected chi connectivity index (χ2v) is 10.5. The van der Waals surface area contributed by atoms with E-state index in [2.05, 4.69) is 0 Å². The van der Waals surface area contributed by atoms with Crippen molar-refractivity contribution in [2.24, 2.45) is 5.92 Å². The Balaban J connectivity index is 1.58. The van der Waals surface area contributed by atoms with Gasteiger partial charge in [-0.25, -0.2) is 4.39 Å². The van der Waals surface area contributed by atoms with E-state index in [0.717, 1.165) is 17.2 Å². The molecule has 1 atom stereocenters. The molecule has 0 heterocycles. The van der Waals surface area contributed by atoms with Crippen LogP contribution in [0.4, 0.5) is 17.6 Å². The molecule has 0 aliphatic carbocycles. The number of carboxylic acid groups (broad SMARTS) is 1. The molecule has 0 aliphatic heterocycles. The Morgan fingerprint density at radius 3 is 2.07 bits per heavy atom. The standard InChI is InChI=1S/C34H33F4NO3/c1-24(23-42-29-16-8-10-25(18-29)19-32(40)41)20-39(21-28-15-9-17-31(33(28)35)34(36,37)38)22-30(26-11-4-2-5-12-26)27-13-6-3-7-14-27/h2-18,24,30H,19-23H2,1H3,(H,40,41)/t24-/m1/s1. The topological polar surface area (TPSA) is 49.8 Å². The molecule has 8 heteroatoms. The lowest BCUT2D eigenvalue weighted by Crippen LogP contribution is -2.34. The summed E-state index contributed by atoms with van der Waals surface area (Å²) in [6, 6.07) is 29.9. The maximum absolute atomic E-state index is 15.1. The Morgan fingerprint density at radius 1 is 0.857 bits per heavy atom. The smallest absolute Gasteiger partial charge is 0.419 e. The van der Waals surface area contributed by atoms with Crippen LogP contribution >= 0.6 is 0 Å². The number of hydrogen-bond acceptors (Lipinski definition) is 3. The van der Waals surface area contributed by atoms with Crippen molar-refractivity contribution in [1.82, 2.24) is 4.90 Å². The highest BCUT2D eigenvalue weighted by molar-refractivity contribution is 5.70. The van der Waals surface area contributed by atoms with Gasteiger partial charge in [-0.05, 0) is 34.9 Å². The third-order valence-electron chi connectivity index (χ3n) is 6.98. The molecule has 0 saturated carbocycles. The van der Waals surface area contributed by atoms with Gasteiger partial charge in [-0.15, -0.1) is 0 Å². The van der Waals surface area contributed by atoms with Crippen molar-refractivity contribution in [3.8, 4) is 5.75 Å². The number of benzene rings is 4. The normalized spacial score (nSPS) is 12.5. The van der Waals surface area contributed by atoms with E-state index >= 15 is 4.39 Å². The zero-order valence-corrected chi connectivity index (χ0v) is 23.2. The summed E-state index contributed by atoms with van der Waals surface area (Å²) in [6.07, 6.45) is -4.92. The van der Waals surface area contributed by atoms with Crippen LogP contribution in [0.25, 0.3) is 0 Å². The largest absolute Gasteiger partial charge is 0.493 e. The highest BCUT2D eigenvalue weighted by Crippen LogP contribution is 2.33. The zero-order chi connectivity index (χ0) is 30.1. The van der Waals surface area contributed by atoms with Crippen molar-refractivity contribution in [2.75, 3.05) is 19.7 Å². The number of halogens is 4. The van der Waals surface area contributed by atoms with Gasteiger partial charge in [0.25, 0.3) is 0 Å². The summed E-state index contributed by atoms with van der Waals surface area (Å²) in [5.41, 5.74) is 1.39. The minimum Gasteiger partial charge on any atom is -0.493 e. The van der Waals surface area contributed by atoms with Gasteiger partial charge in [-0.2, -0.15) is 13.2 Å². The van der Waals surface area contributed by atoms with E-state index in [1.54, 1.807) is 24.3 Å². The van der Waals surface area contributed by atoms with Gasteiger partial charge in [0.05, 0.1) is 18.6 Å². The lowest BCUT2D eigenvalue weighted by atomic mass is 9.90. The first-order valence-electron chi connectivity index (χ1n) is 13.7. The van der Waals surface area contributed by atoms with E-state index in [1.807, 2.05) is 72.5 Å². The van der Waals surface area contributed by atoms with Gasteiger partial charge in [0.2, 0.25) is 0 Å². The predicted octanol–water partition coefficient (Wildman–Crippen LogP) is 7.82. The molecule has 0 aliphatic rings. The summed E-state index contributed by atoms with van der Waals surface area (Å²) in [5.74, 6) is -1.87. The third-order valence-corrected chi connectivity index (χ3v) is 6.98. The van der Waals surface area contributed by atoms with E-state index in [-0.39, 0.29) is 37.0 Å². The number of carbonyl (C=O) groups is 1. The molecule has 0 spiro atoms. The first kappa shape index (κ1) is 30.8. The van der Waals surface area contributed by atoms with Crippen LogP contribution in [0.2, 0.25) is 0 Å². The Kier molecular flexibility index (Phi) is 10.4. The molecule has 0 bridgehead atoms. The van der Waals surface area contributed by atoms with Crippen molar-refractivity contribution in [1.29, 1.82) is 0 Å². The van der Waals surface area contributed by atoms with Gasteiger partial charge in [0.15, 0.2) is 0 Å². The van der Waals surface area contributed by atoms with Crippen LogP contribution in [0, 0.1) is 11.7 Å². The van der Waals surface area contributed by atoms with E-state index < -0.39 is 23.5 Å². The number of nitrogens with zero attached hydrogens (tertiary/aromatic N) is 1. The minimum absolute atomic E-state index is 0.0235. The van der Waals surface area contributed by atoms with E-state index in [9.17, 15) is 18.0 Å². The lowest BCUT2D eigenvalue weighted by Gasteiger charge is -2.31. The molecule has 0 aromatic heterocycles. The highest BCUT2D eigenvalue weighted by Gasteiger charge is 2.35. The van der Waals surface area contributed by atoms with Crippen LogP contribution in [0.3, 0.4) is 0 Å². The fourth-order valence-corrected chi connectivity index (χ4v) is 5.05. The van der Waals surface area contributed by atoms with E-state index in [4.69, 9.17) is 9.84 Å². The predicted molar refractivity (Wildman–Crippen MR) is 154 cm³/mol. The number of carboxylic acids is 1. The Hall–Kier alpha value is -4.17. The number of ether oxygens (including phenoxy) is 1. The number of alkyl halides is 3. The molecule has 0 amide bonds. The molecule has 0 saturated heterocycles. The SMILES string of the molecule is C[C@@H](COc1cccc(CC(=O)O)c1)CN(Cc1cccc(C(F)(F)F)c1F)CC(c1ccccc1)c1ccccc1. The van der Waals surface area contributed by atoms with Crippen LogP contribution in [0.1, 0.15) is 40.7 Å². The maximum atomic E-state index is 15.1. The van der Waals surface area contributed by atoms with Crippen molar-refractivity contribution in [3.63, 3.8) is 0 Å². The van der Waals surface area contributed by atoms with Crippen molar-refractivity contribution in [2.45, 2.75) is 32.0 Å². The Labute approximate surface area is 243 Å². The van der Waals surface area contributed by atoms with E-state index in [0.29, 0.717) is 24.4 Å². The Morgan fingerprint density at radius 2 is 1.48 bits per heavy atom. The molecule has 42 heavy (non-hydrogen) atoms. The van der Waals surface area contributed by atoms with Crippen molar-refractivity contribution in [3.05, 3.63) is 137 Å². The van der Waals surface area contributed by atoms with Crippen LogP contribution in [0.5, 0.6) is 5.75 Å². The molecular weight excluding hydrogens is 546 g/mol. The molecule has 4 aromatic rings. The molecule has 1 N–H and O–H groups in total. The molecule has 0 radical (unpaired) electrons. The monoisotopic (exact) mass is 579 g/mol. The van der Waals surface area contributed by atoms with Gasteiger partial charge in [0, 0.05) is 37.0 Å². The molecule has 0 fully saturated rings. The molecule has 4 aromatic carbocycles. The van der Waals surface area contributed by atoms with Crippen LogP contribution in [0.15, 0.2) is 103 Å². The molecule has 4 rings (SSSR count). The summed E-state index contributed by atoms with van der Waals surface area (Å²) in [6.45, 7) is 3.06. The maximum Gasteiger partial charge on any atom is 0.419 e. The van der Waals surface area contributed by atoms with Crippen molar-refractivity contribution < 1.29 is 32.2 Å². The first-order valence-corrected chi connectivity index (χ1v) is 13.7. The first-order chi connectivity index (χ1) is 20.1. The van der Waals surface area contributed by atoms with Gasteiger partial charge in [0.1, 0.15) is 11.6 Å². The molecular formula is C34H33F4NO3. The molecule has 4 nitrogen and oxygen atoms in total. The molecule has 0 unspecified atom stereocenters. The number of rotatable bonds is 13. The number of aliphatic carboxylic acids is 1.